The molecule has 4 nitrogen and oxygen atoms in total. The van der Waals surface area contributed by atoms with Crippen LogP contribution in [0.3, 0.4) is 0 Å². The third-order valence-electron chi connectivity index (χ3n) is 1.76. The molecule has 0 unspecified atom stereocenters. The van der Waals surface area contributed by atoms with E-state index in [1.807, 2.05) is 0 Å². The van der Waals surface area contributed by atoms with Gasteiger partial charge in [0.15, 0.2) is 0 Å². The lowest BCUT2D eigenvalue weighted by molar-refractivity contribution is -0.165. The summed E-state index contributed by atoms with van der Waals surface area (Å²) < 4.78 is 35.4. The number of allylic oxidation sites excluding steroid dienone is 1. The van der Waals surface area contributed by atoms with E-state index in [1.165, 1.54) is 0 Å². The quantitative estimate of drug-likeness (QED) is 0.856. The maximum Gasteiger partial charge on any atom is 0.455 e. The molecule has 0 bridgehead atoms. The molecule has 1 aromatic heterocycles. The number of hydrogen-bond donors (Lipinski definition) is 1. The van der Waals surface area contributed by atoms with Crippen molar-refractivity contribution in [3.63, 3.8) is 0 Å². The van der Waals surface area contributed by atoms with Gasteiger partial charge in [0.1, 0.15) is 0 Å². The highest BCUT2D eigenvalue weighted by molar-refractivity contribution is 9.12. The van der Waals surface area contributed by atoms with E-state index < -0.39 is 16.4 Å². The summed E-state index contributed by atoms with van der Waals surface area (Å²) in [6, 6.07) is 3.42. The molecule has 0 saturated heterocycles. The zero-order chi connectivity index (χ0) is 12.9. The number of carbonyl (C=O) groups is 1. The monoisotopic (exact) mass is 326 g/mol. The Labute approximate surface area is 109 Å². The standard InChI is InChI=1S/C10H8BrF3N2O.H2O/c11-8(9(17)10(12,13)14)6-16-5-7-1-3-15-4-2-7;/h1-4,6,16H,5H2;1H2/b8-6-;. The smallest absolute Gasteiger partial charge is 0.412 e. The lowest BCUT2D eigenvalue weighted by Gasteiger charge is -2.05. The van der Waals surface area contributed by atoms with Crippen LogP contribution < -0.4 is 5.32 Å². The zero-order valence-electron chi connectivity index (χ0n) is 8.96. The van der Waals surface area contributed by atoms with Gasteiger partial charge in [0.2, 0.25) is 0 Å². The SMILES string of the molecule is O.O=C(/C(Br)=C/NCc1ccncc1)C(F)(F)F. The molecule has 0 aliphatic carbocycles. The maximum atomic E-state index is 12.0. The number of alkyl halides is 3. The molecule has 100 valence electrons. The number of halogens is 4. The van der Waals surface area contributed by atoms with Gasteiger partial charge in [-0.15, -0.1) is 0 Å². The van der Waals surface area contributed by atoms with E-state index in [4.69, 9.17) is 0 Å². The lowest BCUT2D eigenvalue weighted by atomic mass is 10.3. The minimum Gasteiger partial charge on any atom is -0.412 e. The molecule has 0 aliphatic heterocycles. The zero-order valence-corrected chi connectivity index (χ0v) is 10.5. The Morgan fingerprint density at radius 1 is 1.39 bits per heavy atom. The number of nitrogens with one attached hydrogen (secondary N) is 1. The first-order valence-corrected chi connectivity index (χ1v) is 5.30. The van der Waals surface area contributed by atoms with Gasteiger partial charge in [-0.25, -0.2) is 0 Å². The number of aromatic nitrogens is 1. The van der Waals surface area contributed by atoms with Crippen LogP contribution in [0.15, 0.2) is 35.2 Å². The molecule has 1 aromatic rings. The van der Waals surface area contributed by atoms with Crippen molar-refractivity contribution < 1.29 is 23.4 Å². The van der Waals surface area contributed by atoms with Gasteiger partial charge in [-0.05, 0) is 33.6 Å². The van der Waals surface area contributed by atoms with Crippen molar-refractivity contribution in [3.05, 3.63) is 40.8 Å². The van der Waals surface area contributed by atoms with Crippen LogP contribution in [0.4, 0.5) is 13.2 Å². The molecule has 0 fully saturated rings. The van der Waals surface area contributed by atoms with Gasteiger partial charge in [0, 0.05) is 25.1 Å². The Bertz CT molecular complexity index is 421. The number of hydrogen-bond acceptors (Lipinski definition) is 3. The average molecular weight is 327 g/mol. The van der Waals surface area contributed by atoms with Crippen molar-refractivity contribution in [3.8, 4) is 0 Å². The summed E-state index contributed by atoms with van der Waals surface area (Å²) in [4.78, 5) is 14.5. The number of rotatable bonds is 4. The van der Waals surface area contributed by atoms with Crippen LogP contribution in [-0.2, 0) is 11.3 Å². The Balaban J connectivity index is 0.00000289. The fourth-order valence-corrected chi connectivity index (χ4v) is 1.35. The Hall–Kier alpha value is -1.41. The van der Waals surface area contributed by atoms with E-state index in [1.54, 1.807) is 24.5 Å². The molecule has 0 saturated carbocycles. The molecule has 0 radical (unpaired) electrons. The third-order valence-corrected chi connectivity index (χ3v) is 2.35. The van der Waals surface area contributed by atoms with Crippen molar-refractivity contribution in [2.45, 2.75) is 12.7 Å². The van der Waals surface area contributed by atoms with Crippen LogP contribution in [0.25, 0.3) is 0 Å². The molecule has 0 atom stereocenters. The Morgan fingerprint density at radius 2 is 1.94 bits per heavy atom. The summed E-state index contributed by atoms with van der Waals surface area (Å²) in [6.07, 6.45) is -0.753. The van der Waals surface area contributed by atoms with Gasteiger partial charge in [-0.3, -0.25) is 9.78 Å². The van der Waals surface area contributed by atoms with Crippen molar-refractivity contribution in [1.82, 2.24) is 10.3 Å². The molecule has 3 N–H and O–H groups in total. The lowest BCUT2D eigenvalue weighted by Crippen LogP contribution is -2.23. The Kier molecular flexibility index (Phi) is 6.56. The van der Waals surface area contributed by atoms with E-state index in [0.717, 1.165) is 11.8 Å². The van der Waals surface area contributed by atoms with Crippen LogP contribution in [-0.4, -0.2) is 22.4 Å². The fraction of sp³-hybridized carbons (Fsp3) is 0.200. The third kappa shape index (κ3) is 5.28. The highest BCUT2D eigenvalue weighted by atomic mass is 79.9. The predicted molar refractivity (Wildman–Crippen MR) is 62.8 cm³/mol. The van der Waals surface area contributed by atoms with Gasteiger partial charge >= 0.3 is 6.18 Å². The van der Waals surface area contributed by atoms with E-state index >= 15 is 0 Å². The highest BCUT2D eigenvalue weighted by Gasteiger charge is 2.39. The second-order valence-electron chi connectivity index (χ2n) is 3.06. The molecule has 1 heterocycles. The molecule has 1 rings (SSSR count). The van der Waals surface area contributed by atoms with Crippen LogP contribution in [0, 0.1) is 0 Å². The highest BCUT2D eigenvalue weighted by Crippen LogP contribution is 2.23. The largest absolute Gasteiger partial charge is 0.455 e. The van der Waals surface area contributed by atoms with Crippen molar-refractivity contribution >= 4 is 21.7 Å². The number of Topliss-reactive ketones (excluding diaryl/α,β-unsaturated/α-hetero) is 1. The molecule has 18 heavy (non-hydrogen) atoms. The minimum atomic E-state index is -4.87. The summed E-state index contributed by atoms with van der Waals surface area (Å²) in [5, 5.41) is 2.60. The first-order valence-electron chi connectivity index (χ1n) is 4.50. The summed E-state index contributed by atoms with van der Waals surface area (Å²) >= 11 is 2.57. The fourth-order valence-electron chi connectivity index (χ4n) is 0.960. The van der Waals surface area contributed by atoms with Gasteiger partial charge in [0.05, 0.1) is 4.48 Å². The van der Waals surface area contributed by atoms with Crippen molar-refractivity contribution in [2.75, 3.05) is 0 Å². The van der Waals surface area contributed by atoms with E-state index in [2.05, 4.69) is 26.2 Å². The Morgan fingerprint density at radius 3 is 2.44 bits per heavy atom. The van der Waals surface area contributed by atoms with E-state index in [-0.39, 0.29) is 5.48 Å². The molecule has 0 aromatic carbocycles. The number of nitrogens with zero attached hydrogens (tertiary/aromatic N) is 1. The van der Waals surface area contributed by atoms with Gasteiger partial charge in [-0.2, -0.15) is 13.2 Å². The van der Waals surface area contributed by atoms with E-state index in [9.17, 15) is 18.0 Å². The van der Waals surface area contributed by atoms with Gasteiger partial charge in [0.25, 0.3) is 5.78 Å². The van der Waals surface area contributed by atoms with Crippen LogP contribution in [0.2, 0.25) is 0 Å². The minimum absolute atomic E-state index is 0. The summed E-state index contributed by atoms with van der Waals surface area (Å²) in [6.45, 7) is 0.308. The van der Waals surface area contributed by atoms with Crippen LogP contribution >= 0.6 is 15.9 Å². The summed E-state index contributed by atoms with van der Waals surface area (Å²) in [5.74, 6) is -1.92. The average Bonchev–Trinajstić information content (AvgIpc) is 2.28. The molecular weight excluding hydrogens is 317 g/mol. The summed E-state index contributed by atoms with van der Waals surface area (Å²) in [5.41, 5.74) is 0.844. The normalized spacial score (nSPS) is 11.7. The molecular formula is C10H10BrF3N2O2. The number of carbonyl (C=O) groups excluding carboxylic acids is 1. The number of pyridine rings is 1. The molecule has 0 spiro atoms. The maximum absolute atomic E-state index is 12.0. The first kappa shape index (κ1) is 16.6. The number of ketones is 1. The molecule has 8 heteroatoms. The predicted octanol–water partition coefficient (Wildman–Crippen LogP) is 1.71. The van der Waals surface area contributed by atoms with Crippen molar-refractivity contribution in [1.29, 1.82) is 0 Å². The topological polar surface area (TPSA) is 73.5 Å². The van der Waals surface area contributed by atoms with Crippen LogP contribution in [0.1, 0.15) is 5.56 Å². The second kappa shape index (κ2) is 7.12. The van der Waals surface area contributed by atoms with Gasteiger partial charge in [-0.1, -0.05) is 0 Å². The van der Waals surface area contributed by atoms with Crippen molar-refractivity contribution in [2.24, 2.45) is 0 Å². The molecule has 0 amide bonds. The first-order chi connectivity index (χ1) is 7.91. The molecule has 0 aliphatic rings. The summed E-state index contributed by atoms with van der Waals surface area (Å²) in [7, 11) is 0. The van der Waals surface area contributed by atoms with E-state index in [0.29, 0.717) is 6.54 Å². The second-order valence-corrected chi connectivity index (χ2v) is 3.91. The van der Waals surface area contributed by atoms with Crippen LogP contribution in [0.5, 0.6) is 0 Å². The van der Waals surface area contributed by atoms with Gasteiger partial charge < -0.3 is 10.8 Å².